The van der Waals surface area contributed by atoms with Crippen LogP contribution in [0.5, 0.6) is 5.75 Å². The lowest BCUT2D eigenvalue weighted by molar-refractivity contribution is 0.109. The minimum Gasteiger partial charge on any atom is -0.490 e. The van der Waals surface area contributed by atoms with Crippen LogP contribution < -0.4 is 14.8 Å². The van der Waals surface area contributed by atoms with Crippen LogP contribution in [0.15, 0.2) is 35.2 Å². The van der Waals surface area contributed by atoms with Gasteiger partial charge in [-0.1, -0.05) is 18.2 Å². The molecule has 2 amide bonds. The number of para-hydroxylation sites is 1. The summed E-state index contributed by atoms with van der Waals surface area (Å²) in [5.41, 5.74) is 5.64. The largest absolute Gasteiger partial charge is 0.490 e. The molecule has 0 aromatic heterocycles. The average molecular weight is 445 g/mol. The van der Waals surface area contributed by atoms with Gasteiger partial charge in [0.05, 0.1) is 6.61 Å². The highest BCUT2D eigenvalue weighted by Gasteiger charge is 2.27. The maximum Gasteiger partial charge on any atom is 0.333 e. The molecule has 2 aliphatic rings. The third-order valence-electron chi connectivity index (χ3n) is 5.77. The van der Waals surface area contributed by atoms with Crippen molar-refractivity contribution in [3.63, 3.8) is 0 Å². The number of urea groups is 1. The van der Waals surface area contributed by atoms with Crippen molar-refractivity contribution in [2.24, 2.45) is 0 Å². The summed E-state index contributed by atoms with van der Waals surface area (Å²) >= 11 is 0. The molecule has 0 saturated carbocycles. The summed E-state index contributed by atoms with van der Waals surface area (Å²) in [5.74, 6) is 0.184. The van der Waals surface area contributed by atoms with Crippen LogP contribution in [-0.4, -0.2) is 34.3 Å². The predicted octanol–water partition coefficient (Wildman–Crippen LogP) is 3.59. The average Bonchev–Trinajstić information content (AvgIpc) is 3.40. The minimum atomic E-state index is -4.11. The highest BCUT2D eigenvalue weighted by molar-refractivity contribution is 7.90. The number of sulfonamides is 1. The Kier molecular flexibility index (Phi) is 6.48. The Labute approximate surface area is 183 Å². The molecule has 166 valence electrons. The standard InChI is InChI=1S/C23H28N2O5S/c1-2-29-13-14-30-20-11-3-4-12-21(20)31(27,28)25-23(26)24-22-18-9-5-7-16(18)15-17-8-6-10-19(17)22/h3-4,11-12,15H,2,5-10,13-14H2,1H3,(H2,24,25,26). The third-order valence-corrected chi connectivity index (χ3v) is 7.14. The molecule has 7 nitrogen and oxygen atoms in total. The van der Waals surface area contributed by atoms with E-state index in [1.165, 1.54) is 17.2 Å². The number of hydrogen-bond acceptors (Lipinski definition) is 5. The molecule has 2 aliphatic carbocycles. The summed E-state index contributed by atoms with van der Waals surface area (Å²) in [6.45, 7) is 2.99. The molecule has 0 atom stereocenters. The number of amides is 2. The molecule has 0 heterocycles. The van der Waals surface area contributed by atoms with Crippen LogP contribution in [0.25, 0.3) is 0 Å². The fraction of sp³-hybridized carbons (Fsp3) is 0.435. The van der Waals surface area contributed by atoms with Gasteiger partial charge < -0.3 is 14.8 Å². The SMILES string of the molecule is CCOCCOc1ccccc1S(=O)(=O)NC(=O)Nc1c2c(cc3c1CCC3)CCC2. The maximum atomic E-state index is 12.9. The quantitative estimate of drug-likeness (QED) is 0.607. The summed E-state index contributed by atoms with van der Waals surface area (Å²) in [6.07, 6.45) is 5.93. The first-order valence-electron chi connectivity index (χ1n) is 10.8. The lowest BCUT2D eigenvalue weighted by Crippen LogP contribution is -2.35. The van der Waals surface area contributed by atoms with E-state index in [9.17, 15) is 13.2 Å². The monoisotopic (exact) mass is 444 g/mol. The molecular formula is C23H28N2O5S. The van der Waals surface area contributed by atoms with Gasteiger partial charge in [0.15, 0.2) is 0 Å². The number of carbonyl (C=O) groups is 1. The second-order valence-electron chi connectivity index (χ2n) is 7.79. The van der Waals surface area contributed by atoms with Gasteiger partial charge in [-0.05, 0) is 79.8 Å². The number of fused-ring (bicyclic) bond motifs is 2. The van der Waals surface area contributed by atoms with E-state index in [-0.39, 0.29) is 17.3 Å². The topological polar surface area (TPSA) is 93.7 Å². The van der Waals surface area contributed by atoms with E-state index >= 15 is 0 Å². The Morgan fingerprint density at radius 1 is 1.00 bits per heavy atom. The van der Waals surface area contributed by atoms with Crippen LogP contribution in [0.1, 0.15) is 42.0 Å². The second kappa shape index (κ2) is 9.28. The van der Waals surface area contributed by atoms with Gasteiger partial charge in [0.1, 0.15) is 17.3 Å². The molecule has 2 aromatic rings. The van der Waals surface area contributed by atoms with E-state index in [0.29, 0.717) is 13.2 Å². The summed E-state index contributed by atoms with van der Waals surface area (Å²) in [6, 6.07) is 7.78. The normalized spacial score (nSPS) is 14.7. The molecule has 2 N–H and O–H groups in total. The molecule has 0 aliphatic heterocycles. The fourth-order valence-corrected chi connectivity index (χ4v) is 5.48. The molecule has 31 heavy (non-hydrogen) atoms. The fourth-order valence-electron chi connectivity index (χ4n) is 4.43. The lowest BCUT2D eigenvalue weighted by atomic mass is 9.99. The van der Waals surface area contributed by atoms with E-state index < -0.39 is 16.1 Å². The summed E-state index contributed by atoms with van der Waals surface area (Å²) in [4.78, 5) is 12.7. The number of rotatable bonds is 8. The zero-order chi connectivity index (χ0) is 21.8. The van der Waals surface area contributed by atoms with Crippen LogP contribution in [0, 0.1) is 0 Å². The van der Waals surface area contributed by atoms with Gasteiger partial charge in [0, 0.05) is 12.3 Å². The second-order valence-corrected chi connectivity index (χ2v) is 9.44. The van der Waals surface area contributed by atoms with Gasteiger partial charge in [-0.2, -0.15) is 0 Å². The van der Waals surface area contributed by atoms with Crippen molar-refractivity contribution in [3.05, 3.63) is 52.6 Å². The number of ether oxygens (including phenoxy) is 2. The minimum absolute atomic E-state index is 0.0785. The van der Waals surface area contributed by atoms with E-state index in [2.05, 4.69) is 16.1 Å². The molecule has 0 saturated heterocycles. The summed E-state index contributed by atoms with van der Waals surface area (Å²) in [7, 11) is -4.11. The predicted molar refractivity (Wildman–Crippen MR) is 118 cm³/mol. The van der Waals surface area contributed by atoms with Crippen LogP contribution in [0.2, 0.25) is 0 Å². The Hall–Kier alpha value is -2.58. The van der Waals surface area contributed by atoms with Crippen molar-refractivity contribution < 1.29 is 22.7 Å². The van der Waals surface area contributed by atoms with Crippen molar-refractivity contribution >= 4 is 21.7 Å². The number of hydrogen-bond donors (Lipinski definition) is 2. The third kappa shape index (κ3) is 4.70. The molecule has 0 bridgehead atoms. The molecule has 0 unspecified atom stereocenters. The van der Waals surface area contributed by atoms with Gasteiger partial charge in [-0.15, -0.1) is 0 Å². The maximum absolute atomic E-state index is 12.9. The van der Waals surface area contributed by atoms with Crippen molar-refractivity contribution in [3.8, 4) is 5.75 Å². The zero-order valence-electron chi connectivity index (χ0n) is 17.7. The summed E-state index contributed by atoms with van der Waals surface area (Å²) < 4.78 is 38.8. The highest BCUT2D eigenvalue weighted by atomic mass is 32.2. The first-order valence-corrected chi connectivity index (χ1v) is 12.3. The smallest absolute Gasteiger partial charge is 0.333 e. The van der Waals surface area contributed by atoms with E-state index in [1.54, 1.807) is 18.2 Å². The van der Waals surface area contributed by atoms with Crippen LogP contribution in [0.3, 0.4) is 0 Å². The molecule has 0 radical (unpaired) electrons. The van der Waals surface area contributed by atoms with E-state index in [0.717, 1.165) is 55.3 Å². The summed E-state index contributed by atoms with van der Waals surface area (Å²) in [5, 5.41) is 2.86. The molecule has 0 spiro atoms. The van der Waals surface area contributed by atoms with Gasteiger partial charge in [0.25, 0.3) is 10.0 Å². The van der Waals surface area contributed by atoms with Gasteiger partial charge >= 0.3 is 6.03 Å². The van der Waals surface area contributed by atoms with Crippen molar-refractivity contribution in [2.75, 3.05) is 25.1 Å². The Bertz CT molecular complexity index is 1050. The number of benzene rings is 2. The van der Waals surface area contributed by atoms with Crippen molar-refractivity contribution in [2.45, 2.75) is 50.3 Å². The number of nitrogens with one attached hydrogen (secondary N) is 2. The first kappa shape index (κ1) is 21.6. The van der Waals surface area contributed by atoms with Crippen molar-refractivity contribution in [1.29, 1.82) is 0 Å². The Morgan fingerprint density at radius 3 is 2.35 bits per heavy atom. The highest BCUT2D eigenvalue weighted by Crippen LogP contribution is 2.38. The molecule has 2 aromatic carbocycles. The van der Waals surface area contributed by atoms with Crippen molar-refractivity contribution in [1.82, 2.24) is 4.72 Å². The van der Waals surface area contributed by atoms with Gasteiger partial charge in [0.2, 0.25) is 0 Å². The zero-order valence-corrected chi connectivity index (χ0v) is 18.5. The van der Waals surface area contributed by atoms with Crippen LogP contribution in [-0.2, 0) is 40.4 Å². The number of anilines is 1. The molecule has 4 rings (SSSR count). The molecular weight excluding hydrogens is 416 g/mol. The molecule has 8 heteroatoms. The lowest BCUT2D eigenvalue weighted by Gasteiger charge is -2.17. The number of aryl methyl sites for hydroxylation is 2. The van der Waals surface area contributed by atoms with Gasteiger partial charge in [-0.25, -0.2) is 17.9 Å². The van der Waals surface area contributed by atoms with Gasteiger partial charge in [-0.3, -0.25) is 0 Å². The number of carbonyl (C=O) groups excluding carboxylic acids is 1. The Balaban J connectivity index is 1.51. The van der Waals surface area contributed by atoms with E-state index in [4.69, 9.17) is 9.47 Å². The van der Waals surface area contributed by atoms with E-state index in [1.807, 2.05) is 6.92 Å². The Morgan fingerprint density at radius 2 is 1.68 bits per heavy atom. The first-order chi connectivity index (χ1) is 15.0. The van der Waals surface area contributed by atoms with Crippen LogP contribution in [0.4, 0.5) is 10.5 Å². The van der Waals surface area contributed by atoms with Crippen LogP contribution >= 0.6 is 0 Å². The molecule has 0 fully saturated rings.